The van der Waals surface area contributed by atoms with Crippen LogP contribution >= 0.6 is 0 Å². The number of rotatable bonds is 2. The maximum Gasteiger partial charge on any atom is 0.407 e. The van der Waals surface area contributed by atoms with E-state index in [1.807, 2.05) is 6.07 Å². The molecule has 1 aromatic heterocycles. The fourth-order valence-corrected chi connectivity index (χ4v) is 4.32. The minimum Gasteiger partial charge on any atom is -0.341 e. The molecule has 7 heteroatoms. The van der Waals surface area contributed by atoms with Gasteiger partial charge in [-0.15, -0.1) is 0 Å². The van der Waals surface area contributed by atoms with Gasteiger partial charge in [-0.1, -0.05) is 12.1 Å². The Morgan fingerprint density at radius 3 is 2.63 bits per heavy atom. The summed E-state index contributed by atoms with van der Waals surface area (Å²) in [7, 11) is 0. The third-order valence-corrected chi connectivity index (χ3v) is 5.86. The van der Waals surface area contributed by atoms with Crippen LogP contribution in [0.3, 0.4) is 0 Å². The highest BCUT2D eigenvalue weighted by atomic mass is 19.4. The smallest absolute Gasteiger partial charge is 0.341 e. The van der Waals surface area contributed by atoms with E-state index >= 15 is 0 Å². The van der Waals surface area contributed by atoms with Gasteiger partial charge in [0.15, 0.2) is 0 Å². The standard InChI is InChI=1S/C20H21F3N4/c21-20(22,23)18-14-6-5-13(11-12(14)7-8-24-18)17-15-3-1-4-16(15)25-19(26-17)27-9-2-10-27/h5-6,11,18,24H,1-4,7-10H2. The predicted octanol–water partition coefficient (Wildman–Crippen LogP) is 3.59. The molecule has 1 N–H and O–H groups in total. The van der Waals surface area contributed by atoms with E-state index in [-0.39, 0.29) is 0 Å². The predicted molar refractivity (Wildman–Crippen MR) is 96.8 cm³/mol. The molecule has 1 aliphatic carbocycles. The fraction of sp³-hybridized carbons (Fsp3) is 0.500. The Balaban J connectivity index is 1.59. The van der Waals surface area contributed by atoms with Crippen LogP contribution in [0.25, 0.3) is 11.3 Å². The van der Waals surface area contributed by atoms with E-state index in [0.717, 1.165) is 67.2 Å². The average Bonchev–Trinajstić information content (AvgIpc) is 3.06. The van der Waals surface area contributed by atoms with Crippen molar-refractivity contribution in [3.05, 3.63) is 40.6 Å². The molecule has 1 atom stereocenters. The number of anilines is 1. The SMILES string of the molecule is FC(F)(F)C1NCCc2cc(-c3nc(N4CCC4)nc4c3CCC4)ccc21. The van der Waals surface area contributed by atoms with E-state index in [4.69, 9.17) is 9.97 Å². The molecule has 0 spiro atoms. The van der Waals surface area contributed by atoms with Gasteiger partial charge in [-0.2, -0.15) is 13.2 Å². The molecule has 3 heterocycles. The Morgan fingerprint density at radius 1 is 1.04 bits per heavy atom. The number of benzene rings is 1. The molecule has 2 aliphatic heterocycles. The van der Waals surface area contributed by atoms with Crippen molar-refractivity contribution in [2.24, 2.45) is 0 Å². The van der Waals surface area contributed by atoms with Crippen molar-refractivity contribution in [3.63, 3.8) is 0 Å². The molecule has 1 aromatic carbocycles. The maximum absolute atomic E-state index is 13.3. The van der Waals surface area contributed by atoms with Crippen molar-refractivity contribution in [3.8, 4) is 11.3 Å². The van der Waals surface area contributed by atoms with Gasteiger partial charge in [-0.25, -0.2) is 9.97 Å². The number of halogens is 3. The van der Waals surface area contributed by atoms with Gasteiger partial charge >= 0.3 is 6.18 Å². The third-order valence-electron chi connectivity index (χ3n) is 5.86. The number of hydrogen-bond donors (Lipinski definition) is 1. The second-order valence-electron chi connectivity index (χ2n) is 7.58. The van der Waals surface area contributed by atoms with E-state index < -0.39 is 12.2 Å². The molecule has 2 aromatic rings. The molecule has 142 valence electrons. The van der Waals surface area contributed by atoms with E-state index in [2.05, 4.69) is 10.2 Å². The first kappa shape index (κ1) is 17.0. The van der Waals surface area contributed by atoms with E-state index in [1.54, 1.807) is 12.1 Å². The second-order valence-corrected chi connectivity index (χ2v) is 7.58. The summed E-state index contributed by atoms with van der Waals surface area (Å²) < 4.78 is 40.0. The third kappa shape index (κ3) is 2.88. The summed E-state index contributed by atoms with van der Waals surface area (Å²) in [6.45, 7) is 2.28. The monoisotopic (exact) mass is 374 g/mol. The highest BCUT2D eigenvalue weighted by Crippen LogP contribution is 2.39. The molecular formula is C20H21F3N4. The molecule has 0 saturated carbocycles. The van der Waals surface area contributed by atoms with E-state index in [0.29, 0.717) is 18.5 Å². The summed E-state index contributed by atoms with van der Waals surface area (Å²) in [6, 6.07) is 3.76. The number of nitrogens with one attached hydrogen (secondary N) is 1. The van der Waals surface area contributed by atoms with Gasteiger partial charge in [0.2, 0.25) is 5.95 Å². The topological polar surface area (TPSA) is 41.1 Å². The van der Waals surface area contributed by atoms with Crippen LogP contribution in [-0.4, -0.2) is 35.8 Å². The van der Waals surface area contributed by atoms with E-state index in [1.165, 1.54) is 5.56 Å². The van der Waals surface area contributed by atoms with Crippen molar-refractivity contribution in [2.75, 3.05) is 24.5 Å². The Hall–Kier alpha value is -2.15. The lowest BCUT2D eigenvalue weighted by Crippen LogP contribution is -2.39. The summed E-state index contributed by atoms with van der Waals surface area (Å²) in [5, 5.41) is 2.60. The number of aryl methyl sites for hydroxylation is 1. The summed E-state index contributed by atoms with van der Waals surface area (Å²) in [5.74, 6) is 0.768. The minimum absolute atomic E-state index is 0.335. The summed E-state index contributed by atoms with van der Waals surface area (Å²) in [6.07, 6.45) is 0.428. The first-order valence-electron chi connectivity index (χ1n) is 9.59. The number of fused-ring (bicyclic) bond motifs is 2. The first-order valence-corrected chi connectivity index (χ1v) is 9.59. The molecular weight excluding hydrogens is 353 g/mol. The Kier molecular flexibility index (Phi) is 3.89. The minimum atomic E-state index is -4.28. The lowest BCUT2D eigenvalue weighted by molar-refractivity contribution is -0.158. The van der Waals surface area contributed by atoms with Crippen LogP contribution in [0.5, 0.6) is 0 Å². The molecule has 1 unspecified atom stereocenters. The Morgan fingerprint density at radius 2 is 1.89 bits per heavy atom. The molecule has 0 bridgehead atoms. The van der Waals surface area contributed by atoms with Crippen LogP contribution in [0, 0.1) is 0 Å². The van der Waals surface area contributed by atoms with Crippen molar-refractivity contribution in [1.82, 2.24) is 15.3 Å². The highest BCUT2D eigenvalue weighted by Gasteiger charge is 2.42. The van der Waals surface area contributed by atoms with Crippen molar-refractivity contribution in [1.29, 1.82) is 0 Å². The van der Waals surface area contributed by atoms with Crippen LogP contribution in [0.15, 0.2) is 18.2 Å². The lowest BCUT2D eigenvalue weighted by atomic mass is 9.91. The van der Waals surface area contributed by atoms with Crippen LogP contribution in [-0.2, 0) is 19.3 Å². The van der Waals surface area contributed by atoms with Gasteiger partial charge in [-0.05, 0) is 49.3 Å². The largest absolute Gasteiger partial charge is 0.407 e. The van der Waals surface area contributed by atoms with Crippen LogP contribution in [0.1, 0.15) is 41.3 Å². The van der Waals surface area contributed by atoms with Gasteiger partial charge < -0.3 is 10.2 Å². The zero-order chi connectivity index (χ0) is 18.6. The van der Waals surface area contributed by atoms with Crippen LogP contribution in [0.2, 0.25) is 0 Å². The molecule has 5 rings (SSSR count). The molecule has 0 amide bonds. The molecule has 1 saturated heterocycles. The van der Waals surface area contributed by atoms with Gasteiger partial charge in [-0.3, -0.25) is 0 Å². The van der Waals surface area contributed by atoms with Gasteiger partial charge in [0.1, 0.15) is 6.04 Å². The quantitative estimate of drug-likeness (QED) is 0.872. The number of aromatic nitrogens is 2. The molecule has 3 aliphatic rings. The normalized spacial score (nSPS) is 21.6. The summed E-state index contributed by atoms with van der Waals surface area (Å²) >= 11 is 0. The molecule has 0 radical (unpaired) electrons. The highest BCUT2D eigenvalue weighted by molar-refractivity contribution is 5.68. The average molecular weight is 374 g/mol. The summed E-state index contributed by atoms with van der Waals surface area (Å²) in [5.41, 5.74) is 5.20. The zero-order valence-electron chi connectivity index (χ0n) is 14.9. The van der Waals surface area contributed by atoms with Crippen molar-refractivity contribution in [2.45, 2.75) is 44.3 Å². The van der Waals surface area contributed by atoms with E-state index in [9.17, 15) is 13.2 Å². The maximum atomic E-state index is 13.3. The Labute approximate surface area is 155 Å². The van der Waals surface area contributed by atoms with Gasteiger partial charge in [0.05, 0.1) is 5.69 Å². The number of alkyl halides is 3. The van der Waals surface area contributed by atoms with Crippen molar-refractivity contribution < 1.29 is 13.2 Å². The summed E-state index contributed by atoms with van der Waals surface area (Å²) in [4.78, 5) is 11.8. The first-order chi connectivity index (χ1) is 13.0. The molecule has 27 heavy (non-hydrogen) atoms. The lowest BCUT2D eigenvalue weighted by Gasteiger charge is -2.31. The van der Waals surface area contributed by atoms with Gasteiger partial charge in [0, 0.05) is 36.5 Å². The van der Waals surface area contributed by atoms with Crippen LogP contribution < -0.4 is 10.2 Å². The van der Waals surface area contributed by atoms with Crippen molar-refractivity contribution >= 4 is 5.95 Å². The second kappa shape index (κ2) is 6.19. The van der Waals surface area contributed by atoms with Crippen LogP contribution in [0.4, 0.5) is 19.1 Å². The number of nitrogens with zero attached hydrogens (tertiary/aromatic N) is 3. The fourth-order valence-electron chi connectivity index (χ4n) is 4.32. The molecule has 4 nitrogen and oxygen atoms in total. The molecule has 1 fully saturated rings. The Bertz CT molecular complexity index is 890. The van der Waals surface area contributed by atoms with Gasteiger partial charge in [0.25, 0.3) is 0 Å². The zero-order valence-corrected chi connectivity index (χ0v) is 14.9. The number of hydrogen-bond acceptors (Lipinski definition) is 4.